The number of amides is 1. The van der Waals surface area contributed by atoms with E-state index in [1.807, 2.05) is 0 Å². The van der Waals surface area contributed by atoms with Gasteiger partial charge in [0, 0.05) is 28.6 Å². The lowest BCUT2D eigenvalue weighted by atomic mass is 9.95. The Morgan fingerprint density at radius 2 is 2.19 bits per heavy atom. The largest absolute Gasteiger partial charge is 0.477 e. The second kappa shape index (κ2) is 4.72. The van der Waals surface area contributed by atoms with Gasteiger partial charge >= 0.3 is 5.97 Å². The highest BCUT2D eigenvalue weighted by atomic mass is 32.1. The number of carbonyl (C=O) groups excluding carboxylic acids is 1. The fourth-order valence-electron chi connectivity index (χ4n) is 2.47. The lowest BCUT2D eigenvalue weighted by Crippen LogP contribution is -2.24. The maximum absolute atomic E-state index is 12.4. The Balaban J connectivity index is 2.37. The molecule has 2 aromatic rings. The van der Waals surface area contributed by atoms with Crippen LogP contribution in [0.1, 0.15) is 30.5 Å². The Hall–Kier alpha value is -2.65. The van der Waals surface area contributed by atoms with E-state index in [-0.39, 0.29) is 10.8 Å². The van der Waals surface area contributed by atoms with Crippen molar-refractivity contribution in [1.82, 2.24) is 4.90 Å². The number of hydrogen-bond donors (Lipinski definition) is 1. The van der Waals surface area contributed by atoms with Crippen LogP contribution in [0, 0.1) is 11.3 Å². The molecule has 21 heavy (non-hydrogen) atoms. The quantitative estimate of drug-likeness (QED) is 0.877. The number of thiophene rings is 1. The molecule has 1 N–H and O–H groups in total. The Morgan fingerprint density at radius 1 is 1.43 bits per heavy atom. The van der Waals surface area contributed by atoms with E-state index in [2.05, 4.69) is 6.07 Å². The van der Waals surface area contributed by atoms with E-state index in [4.69, 9.17) is 5.11 Å². The van der Waals surface area contributed by atoms with Gasteiger partial charge in [-0.2, -0.15) is 5.26 Å². The van der Waals surface area contributed by atoms with Gasteiger partial charge in [-0.3, -0.25) is 4.79 Å². The Kier molecular flexibility index (Phi) is 3.00. The average Bonchev–Trinajstić information content (AvgIpc) is 2.85. The summed E-state index contributed by atoms with van der Waals surface area (Å²) >= 11 is 1.14. The van der Waals surface area contributed by atoms with Gasteiger partial charge in [0.2, 0.25) is 0 Å². The molecule has 0 spiro atoms. The molecule has 1 aliphatic heterocycles. The molecule has 3 rings (SSSR count). The van der Waals surface area contributed by atoms with E-state index in [1.54, 1.807) is 31.3 Å². The first-order valence-electron chi connectivity index (χ1n) is 6.18. The molecule has 0 saturated carbocycles. The minimum atomic E-state index is -1.00. The maximum atomic E-state index is 12.4. The van der Waals surface area contributed by atoms with Crippen LogP contribution in [0.15, 0.2) is 24.3 Å². The third-order valence-corrected chi connectivity index (χ3v) is 4.54. The molecule has 5 nitrogen and oxygen atoms in total. The van der Waals surface area contributed by atoms with Crippen LogP contribution in [0.25, 0.3) is 11.1 Å². The number of carboxylic acids is 1. The summed E-state index contributed by atoms with van der Waals surface area (Å²) in [5.41, 5.74) is 2.02. The molecule has 1 amide bonds. The molecule has 0 bridgehead atoms. The normalized spacial score (nSPS) is 13.1. The third-order valence-electron chi connectivity index (χ3n) is 3.43. The van der Waals surface area contributed by atoms with Gasteiger partial charge in [0.15, 0.2) is 0 Å². The van der Waals surface area contributed by atoms with Gasteiger partial charge in [-0.1, -0.05) is 6.07 Å². The van der Waals surface area contributed by atoms with Crippen LogP contribution in [0.2, 0.25) is 0 Å². The predicted molar refractivity (Wildman–Crippen MR) is 77.2 cm³/mol. The first-order chi connectivity index (χ1) is 10.0. The third kappa shape index (κ3) is 1.99. The summed E-state index contributed by atoms with van der Waals surface area (Å²) < 4.78 is 0. The second-order valence-corrected chi connectivity index (χ2v) is 5.89. The molecule has 104 valence electrons. The minimum Gasteiger partial charge on any atom is -0.477 e. The van der Waals surface area contributed by atoms with E-state index >= 15 is 0 Å². The molecule has 0 fully saturated rings. The fraction of sp³-hybridized carbons (Fsp3) is 0.133. The van der Waals surface area contributed by atoms with Crippen LogP contribution in [-0.2, 0) is 6.54 Å². The average molecular weight is 298 g/mol. The van der Waals surface area contributed by atoms with E-state index in [0.29, 0.717) is 28.8 Å². The molecule has 0 atom stereocenters. The van der Waals surface area contributed by atoms with Crippen LogP contribution in [0.5, 0.6) is 0 Å². The highest BCUT2D eigenvalue weighted by Crippen LogP contribution is 2.39. The van der Waals surface area contributed by atoms with Crippen molar-refractivity contribution in [3.05, 3.63) is 45.1 Å². The zero-order valence-electron chi connectivity index (χ0n) is 11.1. The minimum absolute atomic E-state index is 0.164. The summed E-state index contributed by atoms with van der Waals surface area (Å²) in [6.07, 6.45) is 0. The highest BCUT2D eigenvalue weighted by molar-refractivity contribution is 7.14. The SMILES string of the molecule is CN1Cc2sc(C(=O)O)cc2-c2c(C#N)cccc2C1=O. The summed E-state index contributed by atoms with van der Waals surface area (Å²) in [7, 11) is 1.67. The van der Waals surface area contributed by atoms with Crippen LogP contribution >= 0.6 is 11.3 Å². The van der Waals surface area contributed by atoms with Crippen molar-refractivity contribution in [3.8, 4) is 17.2 Å². The van der Waals surface area contributed by atoms with Gasteiger partial charge in [-0.15, -0.1) is 11.3 Å². The molecule has 6 heteroatoms. The first kappa shape index (κ1) is 13.3. The standard InChI is InChI=1S/C15H10N2O3S/c1-17-7-12-10(5-11(21-12)15(19)20)13-8(6-16)3-2-4-9(13)14(17)18/h2-5H,7H2,1H3,(H,19,20). The predicted octanol–water partition coefficient (Wildman–Crippen LogP) is 2.57. The number of carbonyl (C=O) groups is 2. The van der Waals surface area contributed by atoms with Crippen molar-refractivity contribution < 1.29 is 14.7 Å². The summed E-state index contributed by atoms with van der Waals surface area (Å²) in [6, 6.07) is 8.61. The number of fused-ring (bicyclic) bond motifs is 3. The fourth-order valence-corrected chi connectivity index (χ4v) is 3.53. The zero-order valence-corrected chi connectivity index (χ0v) is 11.9. The van der Waals surface area contributed by atoms with Gasteiger partial charge in [-0.25, -0.2) is 4.79 Å². The van der Waals surface area contributed by atoms with E-state index < -0.39 is 5.97 Å². The Bertz CT molecular complexity index is 817. The van der Waals surface area contributed by atoms with Gasteiger partial charge in [0.1, 0.15) is 4.88 Å². The van der Waals surface area contributed by atoms with Gasteiger partial charge in [0.05, 0.1) is 18.2 Å². The van der Waals surface area contributed by atoms with E-state index in [9.17, 15) is 14.9 Å². The van der Waals surface area contributed by atoms with Crippen LogP contribution in [0.3, 0.4) is 0 Å². The van der Waals surface area contributed by atoms with Crippen LogP contribution < -0.4 is 0 Å². The number of nitriles is 1. The number of hydrogen-bond acceptors (Lipinski definition) is 4. The molecule has 0 saturated heterocycles. The van der Waals surface area contributed by atoms with Crippen molar-refractivity contribution in [2.75, 3.05) is 7.05 Å². The lowest BCUT2D eigenvalue weighted by molar-refractivity contribution is 0.0701. The van der Waals surface area contributed by atoms with Crippen molar-refractivity contribution >= 4 is 23.2 Å². The summed E-state index contributed by atoms with van der Waals surface area (Å²) in [5.74, 6) is -1.17. The molecular weight excluding hydrogens is 288 g/mol. The molecule has 2 heterocycles. The number of aromatic carboxylic acids is 1. The highest BCUT2D eigenvalue weighted by Gasteiger charge is 2.28. The summed E-state index contributed by atoms with van der Waals surface area (Å²) in [5, 5.41) is 18.5. The molecule has 0 unspecified atom stereocenters. The monoisotopic (exact) mass is 298 g/mol. The first-order valence-corrected chi connectivity index (χ1v) is 6.99. The van der Waals surface area contributed by atoms with Crippen LogP contribution in [0.4, 0.5) is 0 Å². The summed E-state index contributed by atoms with van der Waals surface area (Å²) in [4.78, 5) is 26.1. The zero-order chi connectivity index (χ0) is 15.1. The molecular formula is C15H10N2O3S. The van der Waals surface area contributed by atoms with Crippen LogP contribution in [-0.4, -0.2) is 28.9 Å². The molecule has 1 aliphatic rings. The van der Waals surface area contributed by atoms with Crippen molar-refractivity contribution in [2.24, 2.45) is 0 Å². The maximum Gasteiger partial charge on any atom is 0.345 e. The molecule has 1 aromatic heterocycles. The van der Waals surface area contributed by atoms with E-state index in [0.717, 1.165) is 16.2 Å². The molecule has 0 aliphatic carbocycles. The number of nitrogens with zero attached hydrogens (tertiary/aromatic N) is 2. The Labute approximate surface area is 124 Å². The van der Waals surface area contributed by atoms with Gasteiger partial charge < -0.3 is 10.0 Å². The number of rotatable bonds is 1. The van der Waals surface area contributed by atoms with Gasteiger partial charge in [-0.05, 0) is 18.2 Å². The second-order valence-electron chi connectivity index (χ2n) is 4.75. The lowest BCUT2D eigenvalue weighted by Gasteiger charge is -2.14. The molecule has 1 aromatic carbocycles. The van der Waals surface area contributed by atoms with E-state index in [1.165, 1.54) is 4.90 Å². The van der Waals surface area contributed by atoms with Crippen molar-refractivity contribution in [1.29, 1.82) is 5.26 Å². The number of benzene rings is 1. The van der Waals surface area contributed by atoms with Crippen molar-refractivity contribution in [3.63, 3.8) is 0 Å². The van der Waals surface area contributed by atoms with Gasteiger partial charge in [0.25, 0.3) is 5.91 Å². The topological polar surface area (TPSA) is 81.4 Å². The smallest absolute Gasteiger partial charge is 0.345 e. The molecule has 0 radical (unpaired) electrons. The summed E-state index contributed by atoms with van der Waals surface area (Å²) in [6.45, 7) is 0.339. The Morgan fingerprint density at radius 3 is 2.86 bits per heavy atom. The van der Waals surface area contributed by atoms with Crippen molar-refractivity contribution in [2.45, 2.75) is 6.54 Å². The number of carboxylic acid groups (broad SMARTS) is 1.